The zero-order valence-corrected chi connectivity index (χ0v) is 28.4. The van der Waals surface area contributed by atoms with Gasteiger partial charge in [-0.1, -0.05) is 142 Å². The quantitative estimate of drug-likeness (QED) is 0.110. The van der Waals surface area contributed by atoms with Crippen molar-refractivity contribution in [1.29, 1.82) is 0 Å². The predicted octanol–water partition coefficient (Wildman–Crippen LogP) is 13.7. The van der Waals surface area contributed by atoms with E-state index < -0.39 is 0 Å². The van der Waals surface area contributed by atoms with Crippen LogP contribution in [0.15, 0.2) is 21.6 Å². The largest absolute Gasteiger partial charge is 0.133 e. The van der Waals surface area contributed by atoms with E-state index in [2.05, 4.69) is 87.4 Å². The van der Waals surface area contributed by atoms with Gasteiger partial charge in [0.25, 0.3) is 0 Å². The minimum absolute atomic E-state index is 1.20. The Morgan fingerprint density at radius 2 is 0.821 bits per heavy atom. The molecule has 0 amide bonds. The van der Waals surface area contributed by atoms with Crippen molar-refractivity contribution in [3.8, 4) is 0 Å². The first kappa shape index (κ1) is 34.4. The molecule has 0 bridgehead atoms. The molecule has 2 rings (SSSR count). The normalized spacial score (nSPS) is 11.4. The van der Waals surface area contributed by atoms with Crippen LogP contribution in [0, 0.1) is 0 Å². The molecule has 0 unspecified atom stereocenters. The summed E-state index contributed by atoms with van der Waals surface area (Å²) in [4.78, 5) is 3.16. The average molecular weight is 587 g/mol. The van der Waals surface area contributed by atoms with Gasteiger partial charge in [-0.2, -0.15) is 0 Å². The van der Waals surface area contributed by atoms with E-state index in [0.29, 0.717) is 0 Å². The van der Waals surface area contributed by atoms with E-state index in [4.69, 9.17) is 0 Å². The molecule has 0 saturated carbocycles. The summed E-state index contributed by atoms with van der Waals surface area (Å²) in [5, 5.41) is 0. The Morgan fingerprint density at radius 3 is 1.13 bits per heavy atom. The van der Waals surface area contributed by atoms with Gasteiger partial charge in [-0.25, -0.2) is 0 Å². The molecule has 0 spiro atoms. The molecule has 0 aliphatic carbocycles. The first-order valence-corrected chi connectivity index (χ1v) is 18.8. The van der Waals surface area contributed by atoms with Crippen LogP contribution in [-0.2, 0) is 25.7 Å². The van der Waals surface area contributed by atoms with Crippen molar-refractivity contribution in [3.05, 3.63) is 45.2 Å². The van der Waals surface area contributed by atoms with Crippen LogP contribution in [0.25, 0.3) is 12.2 Å². The topological polar surface area (TPSA) is 0 Å². The van der Waals surface area contributed by atoms with Gasteiger partial charge in [0.05, 0.1) is 8.42 Å². The van der Waals surface area contributed by atoms with E-state index in [1.807, 2.05) is 0 Å². The molecule has 0 aliphatic heterocycles. The molecule has 0 N–H and O–H groups in total. The third kappa shape index (κ3) is 11.6. The van der Waals surface area contributed by atoms with Gasteiger partial charge >= 0.3 is 0 Å². The molecule has 3 heteroatoms. The highest BCUT2D eigenvalue weighted by molar-refractivity contribution is 8.03. The lowest BCUT2D eigenvalue weighted by atomic mass is 10.0. The lowest BCUT2D eigenvalue weighted by Gasteiger charge is -2.08. The number of aryl methyl sites for hydroxylation is 2. The van der Waals surface area contributed by atoms with Crippen molar-refractivity contribution in [2.45, 2.75) is 165 Å². The summed E-state index contributed by atoms with van der Waals surface area (Å²) >= 11 is 6.27. The summed E-state index contributed by atoms with van der Waals surface area (Å²) in [5.74, 6) is 0. The molecule has 0 saturated heterocycles. The zero-order chi connectivity index (χ0) is 28.3. The van der Waals surface area contributed by atoms with Gasteiger partial charge in [0.2, 0.25) is 0 Å². The molecule has 0 radical (unpaired) electrons. The lowest BCUT2D eigenvalue weighted by molar-refractivity contribution is 0.662. The van der Waals surface area contributed by atoms with Crippen molar-refractivity contribution in [2.75, 3.05) is 0 Å². The lowest BCUT2D eigenvalue weighted by Crippen LogP contribution is -1.92. The van der Waals surface area contributed by atoms with E-state index in [1.165, 1.54) is 140 Å². The average Bonchev–Trinajstić information content (AvgIpc) is 3.45. The molecule has 2 heterocycles. The van der Waals surface area contributed by atoms with Gasteiger partial charge in [0, 0.05) is 9.75 Å². The Bertz CT molecular complexity index is 869. The van der Waals surface area contributed by atoms with Crippen LogP contribution in [0.4, 0.5) is 0 Å². The molecular formula is C36H58S3. The van der Waals surface area contributed by atoms with E-state index in [-0.39, 0.29) is 0 Å². The third-order valence-corrected chi connectivity index (χ3v) is 11.9. The van der Waals surface area contributed by atoms with Crippen molar-refractivity contribution < 1.29 is 0 Å². The highest BCUT2D eigenvalue weighted by atomic mass is 32.2. The maximum Gasteiger partial charge on any atom is 0.0695 e. The summed E-state index contributed by atoms with van der Waals surface area (Å²) in [6.07, 6.45) is 30.3. The van der Waals surface area contributed by atoms with Gasteiger partial charge in [0.1, 0.15) is 0 Å². The summed E-state index contributed by atoms with van der Waals surface area (Å²) in [6, 6.07) is 0. The molecular weight excluding hydrogens is 529 g/mol. The Morgan fingerprint density at radius 1 is 0.487 bits per heavy atom. The van der Waals surface area contributed by atoms with Crippen LogP contribution in [0.1, 0.15) is 162 Å². The first-order valence-electron chi connectivity index (χ1n) is 16.4. The van der Waals surface area contributed by atoms with Crippen LogP contribution in [-0.4, -0.2) is 0 Å². The monoisotopic (exact) mass is 586 g/mol. The van der Waals surface area contributed by atoms with E-state index in [9.17, 15) is 0 Å². The fourth-order valence-corrected chi connectivity index (χ4v) is 10.1. The van der Waals surface area contributed by atoms with Gasteiger partial charge in [-0.3, -0.25) is 0 Å². The number of hydrogen-bond donors (Lipinski definition) is 0. The number of thiophene rings is 2. The minimum atomic E-state index is 1.20. The second kappa shape index (κ2) is 21.0. The maximum absolute atomic E-state index is 4.30. The Labute approximate surface area is 255 Å². The third-order valence-electron chi connectivity index (χ3n) is 7.84. The van der Waals surface area contributed by atoms with Crippen molar-refractivity contribution >= 4 is 46.6 Å². The standard InChI is InChI=1S/C36H58S3/c1-7-13-17-21-25-31-29(11-5)33(27-23-19-15-9-3)37-35(31)39-36-32(26-22-18-14-8-2)30(12-6)34(38-36)28-24-20-16-10-4/h11-12H,5-10,13-28H2,1-4H3. The van der Waals surface area contributed by atoms with Gasteiger partial charge in [-0.05, 0) is 73.6 Å². The molecule has 0 nitrogen and oxygen atoms in total. The van der Waals surface area contributed by atoms with Crippen LogP contribution < -0.4 is 0 Å². The number of hydrogen-bond acceptors (Lipinski definition) is 3. The highest BCUT2D eigenvalue weighted by Crippen LogP contribution is 2.47. The number of rotatable bonds is 24. The summed E-state index contributed by atoms with van der Waals surface area (Å²) in [6.45, 7) is 17.8. The van der Waals surface area contributed by atoms with E-state index in [0.717, 1.165) is 0 Å². The Hall–Kier alpha value is -0.770. The van der Waals surface area contributed by atoms with Gasteiger partial charge < -0.3 is 0 Å². The molecule has 2 aromatic rings. The smallest absolute Gasteiger partial charge is 0.0695 e. The molecule has 220 valence electrons. The zero-order valence-electron chi connectivity index (χ0n) is 25.9. The van der Waals surface area contributed by atoms with Crippen LogP contribution in [0.5, 0.6) is 0 Å². The molecule has 0 atom stereocenters. The van der Waals surface area contributed by atoms with Crippen molar-refractivity contribution in [3.63, 3.8) is 0 Å². The second-order valence-corrected chi connectivity index (χ2v) is 14.9. The molecule has 2 aromatic heterocycles. The summed E-state index contributed by atoms with van der Waals surface area (Å²) < 4.78 is 3.10. The van der Waals surface area contributed by atoms with Gasteiger partial charge in [-0.15, -0.1) is 22.7 Å². The van der Waals surface area contributed by atoms with Crippen LogP contribution in [0.2, 0.25) is 0 Å². The molecule has 0 fully saturated rings. The summed E-state index contributed by atoms with van der Waals surface area (Å²) in [7, 11) is 0. The summed E-state index contributed by atoms with van der Waals surface area (Å²) in [5.41, 5.74) is 6.13. The van der Waals surface area contributed by atoms with Crippen molar-refractivity contribution in [2.24, 2.45) is 0 Å². The van der Waals surface area contributed by atoms with Crippen LogP contribution >= 0.6 is 34.4 Å². The molecule has 0 aromatic carbocycles. The fraction of sp³-hybridized carbons (Fsp3) is 0.667. The SMILES string of the molecule is C=Cc1c(CCCCCC)sc(Sc2sc(CCCCCC)c(C=C)c2CCCCCC)c1CCCCCC. The van der Waals surface area contributed by atoms with E-state index in [1.54, 1.807) is 29.3 Å². The maximum atomic E-state index is 4.30. The first-order chi connectivity index (χ1) is 19.1. The Balaban J connectivity index is 2.40. The number of unbranched alkanes of at least 4 members (excludes halogenated alkanes) is 12. The highest BCUT2D eigenvalue weighted by Gasteiger charge is 2.22. The van der Waals surface area contributed by atoms with E-state index >= 15 is 0 Å². The van der Waals surface area contributed by atoms with Crippen molar-refractivity contribution in [1.82, 2.24) is 0 Å². The predicted molar refractivity (Wildman–Crippen MR) is 184 cm³/mol. The minimum Gasteiger partial charge on any atom is -0.133 e. The Kier molecular flexibility index (Phi) is 18.5. The molecule has 0 aliphatic rings. The fourth-order valence-electron chi connectivity index (χ4n) is 5.46. The second-order valence-electron chi connectivity index (χ2n) is 11.2. The molecule has 39 heavy (non-hydrogen) atoms. The van der Waals surface area contributed by atoms with Gasteiger partial charge in [0.15, 0.2) is 0 Å². The van der Waals surface area contributed by atoms with Crippen LogP contribution in [0.3, 0.4) is 0 Å².